The highest BCUT2D eigenvalue weighted by atomic mass is 33.7. The second-order valence-corrected chi connectivity index (χ2v) is 39.9. The summed E-state index contributed by atoms with van der Waals surface area (Å²) in [4.78, 5) is 0. The summed E-state index contributed by atoms with van der Waals surface area (Å²) >= 11 is 0. The van der Waals surface area contributed by atoms with Crippen molar-refractivity contribution in [3.63, 3.8) is 0 Å². The first-order chi connectivity index (χ1) is 27.8. The SMILES string of the molecule is CCO[Si](CSSSSCCC1CCCCC1(CCSSSSC[Si](OCC)(OCC)OCC)CCSSSSC[Si](OCC)(OCC)OCC)(OCC)OCC. The first kappa shape index (κ1) is 59.5. The van der Waals surface area contributed by atoms with Crippen LogP contribution in [-0.4, -0.2) is 119 Å². The average molecular weight is 1080 g/mol. The predicted molar refractivity (Wildman–Crippen MR) is 280 cm³/mol. The van der Waals surface area contributed by atoms with Gasteiger partial charge in [0.2, 0.25) is 0 Å². The summed E-state index contributed by atoms with van der Waals surface area (Å²) in [6, 6.07) is 0. The van der Waals surface area contributed by atoms with Crippen molar-refractivity contribution in [3.8, 4) is 0 Å². The van der Waals surface area contributed by atoms with E-state index in [1.807, 2.05) is 186 Å². The molecule has 9 nitrogen and oxygen atoms in total. The lowest BCUT2D eigenvalue weighted by atomic mass is 9.62. The fourth-order valence-electron chi connectivity index (χ4n) is 6.53. The Kier molecular flexibility index (Phi) is 40.3. The maximum atomic E-state index is 6.06. The van der Waals surface area contributed by atoms with E-state index in [0.29, 0.717) is 64.9 Å². The summed E-state index contributed by atoms with van der Waals surface area (Å²) in [5.41, 5.74) is 0.391. The monoisotopic (exact) mass is 1080 g/mol. The predicted octanol–water partition coefficient (Wildman–Crippen LogP) is 14.1. The normalized spacial score (nSPS) is 16.5. The molecular weight excluding hydrogens is 1010 g/mol. The summed E-state index contributed by atoms with van der Waals surface area (Å²) in [5, 5.41) is 2.31. The lowest BCUT2D eigenvalue weighted by Crippen LogP contribution is -2.49. The number of hydrogen-bond donors (Lipinski definition) is 0. The molecule has 0 aliphatic heterocycles. The second-order valence-electron chi connectivity index (χ2n) is 12.2. The third kappa shape index (κ3) is 25.8. The molecule has 0 N–H and O–H groups in total. The van der Waals surface area contributed by atoms with Gasteiger partial charge in [0.1, 0.15) is 0 Å². The molecule has 0 spiro atoms. The van der Waals surface area contributed by atoms with Gasteiger partial charge in [0, 0.05) is 76.7 Å². The van der Waals surface area contributed by atoms with Crippen molar-refractivity contribution in [1.82, 2.24) is 0 Å². The molecule has 57 heavy (non-hydrogen) atoms. The Morgan fingerprint density at radius 1 is 0.404 bits per heavy atom. The summed E-state index contributed by atoms with van der Waals surface area (Å²) in [7, 11) is 14.8. The van der Waals surface area contributed by atoms with Crippen molar-refractivity contribution in [1.29, 1.82) is 0 Å². The third-order valence-corrected chi connectivity index (χ3v) is 40.8. The van der Waals surface area contributed by atoms with Crippen molar-refractivity contribution < 1.29 is 39.8 Å². The van der Waals surface area contributed by atoms with Crippen LogP contribution in [0.3, 0.4) is 0 Å². The smallest absolute Gasteiger partial charge is 0.373 e. The fourth-order valence-corrected chi connectivity index (χ4v) is 39.9. The van der Waals surface area contributed by atoms with Crippen LogP contribution in [0.15, 0.2) is 0 Å². The van der Waals surface area contributed by atoms with E-state index in [9.17, 15) is 0 Å². The highest BCUT2D eigenvalue weighted by Gasteiger charge is 2.43. The summed E-state index contributed by atoms with van der Waals surface area (Å²) in [5.74, 6) is 4.27. The molecule has 1 aliphatic carbocycles. The molecule has 0 aromatic carbocycles. The Morgan fingerprint density at radius 3 is 1.02 bits per heavy atom. The van der Waals surface area contributed by atoms with Gasteiger partial charge in [-0.1, -0.05) is 77.6 Å². The highest BCUT2D eigenvalue weighted by Crippen LogP contribution is 2.54. The van der Waals surface area contributed by atoms with E-state index < -0.39 is 26.4 Å². The third-order valence-electron chi connectivity index (χ3n) is 8.62. The van der Waals surface area contributed by atoms with Crippen molar-refractivity contribution in [2.24, 2.45) is 11.3 Å². The molecule has 0 amide bonds. The summed E-state index contributed by atoms with van der Waals surface area (Å²) in [6.45, 7) is 23.7. The molecule has 1 atom stereocenters. The first-order valence-electron chi connectivity index (χ1n) is 20.3. The van der Waals surface area contributed by atoms with E-state index in [1.165, 1.54) is 62.2 Å². The largest absolute Gasteiger partial charge is 0.512 e. The van der Waals surface area contributed by atoms with E-state index in [2.05, 4.69) is 0 Å². The molecule has 342 valence electrons. The Morgan fingerprint density at radius 2 is 0.702 bits per heavy atom. The number of rotatable bonds is 42. The molecule has 1 fully saturated rings. The van der Waals surface area contributed by atoms with Gasteiger partial charge in [0.05, 0.1) is 16.1 Å². The molecule has 24 heteroatoms. The van der Waals surface area contributed by atoms with E-state index in [-0.39, 0.29) is 0 Å². The van der Waals surface area contributed by atoms with Crippen LogP contribution in [0.1, 0.15) is 107 Å². The first-order valence-corrected chi connectivity index (χ1v) is 41.5. The van der Waals surface area contributed by atoms with Crippen LogP contribution in [0.25, 0.3) is 0 Å². The van der Waals surface area contributed by atoms with Gasteiger partial charge < -0.3 is 39.8 Å². The van der Waals surface area contributed by atoms with E-state index >= 15 is 0 Å². The standard InChI is InChI=1S/C33H72O9S12Si3/c1-10-34-55(35-11-2,36-12-3)29-46-52-49-43-26-22-32-21-19-20-23-33(32,24-27-44-50-53-47-30-56(37-13-4,38-14-5)39-15-6)25-28-45-51-54-48-31-57(40-16-7,41-17-8)42-18-9/h32H,10-31H2,1-9H3. The van der Waals surface area contributed by atoms with Crippen LogP contribution in [0.2, 0.25) is 0 Å². The molecule has 0 saturated heterocycles. The molecule has 0 heterocycles. The zero-order valence-corrected chi connectivity index (χ0v) is 48.5. The molecule has 1 unspecified atom stereocenters. The van der Waals surface area contributed by atoms with Crippen LogP contribution in [0.4, 0.5) is 0 Å². The van der Waals surface area contributed by atoms with Gasteiger partial charge in [0.25, 0.3) is 0 Å². The Hall–Kier alpha value is 4.49. The highest BCUT2D eigenvalue weighted by molar-refractivity contribution is 9.27. The van der Waals surface area contributed by atoms with Gasteiger partial charge in [-0.15, -0.1) is 0 Å². The van der Waals surface area contributed by atoms with Gasteiger partial charge >= 0.3 is 26.4 Å². The van der Waals surface area contributed by atoms with Gasteiger partial charge in [-0.2, -0.15) is 0 Å². The van der Waals surface area contributed by atoms with E-state index in [1.54, 1.807) is 0 Å². The van der Waals surface area contributed by atoms with Gasteiger partial charge in [-0.25, -0.2) is 0 Å². The lowest BCUT2D eigenvalue weighted by molar-refractivity contribution is 0.0765. The van der Waals surface area contributed by atoms with Crippen LogP contribution < -0.4 is 0 Å². The van der Waals surface area contributed by atoms with Crippen molar-refractivity contribution in [2.75, 3.05) is 92.8 Å². The zero-order chi connectivity index (χ0) is 42.0. The van der Waals surface area contributed by atoms with Crippen LogP contribution in [-0.2, 0) is 39.8 Å². The summed E-state index contributed by atoms with van der Waals surface area (Å²) in [6.07, 6.45) is 9.22. The molecule has 0 radical (unpaired) electrons. The lowest BCUT2D eigenvalue weighted by Gasteiger charge is -2.45. The summed E-state index contributed by atoms with van der Waals surface area (Å²) < 4.78 is 54.5. The minimum atomic E-state index is -2.63. The number of hydrogen-bond acceptors (Lipinski definition) is 21. The molecule has 1 saturated carbocycles. The molecular formula is C33H72O9S12Si3. The van der Waals surface area contributed by atoms with E-state index in [0.717, 1.165) is 22.0 Å². The topological polar surface area (TPSA) is 83.1 Å². The minimum Gasteiger partial charge on any atom is -0.373 e. The molecule has 1 aliphatic rings. The zero-order valence-electron chi connectivity index (χ0n) is 35.7. The van der Waals surface area contributed by atoms with Crippen LogP contribution in [0, 0.1) is 11.3 Å². The van der Waals surface area contributed by atoms with E-state index in [4.69, 9.17) is 39.8 Å². The Bertz CT molecular complexity index is 849. The molecule has 0 bridgehead atoms. The maximum Gasteiger partial charge on any atom is 0.512 e. The fraction of sp³-hybridized carbons (Fsp3) is 1.00. The van der Waals surface area contributed by atoms with Crippen molar-refractivity contribution in [3.05, 3.63) is 0 Å². The van der Waals surface area contributed by atoms with Crippen LogP contribution in [0.5, 0.6) is 0 Å². The van der Waals surface area contributed by atoms with Gasteiger partial charge in [-0.05, 0) is 165 Å². The average Bonchev–Trinajstić information content (AvgIpc) is 3.18. The Labute approximate surface area is 397 Å². The molecule has 0 aromatic rings. The van der Waals surface area contributed by atoms with Gasteiger partial charge in [0.15, 0.2) is 0 Å². The maximum absolute atomic E-state index is 6.06. The molecule has 1 rings (SSSR count). The Balaban J connectivity index is 2.78. The minimum absolute atomic E-state index is 0.391. The second kappa shape index (κ2) is 38.6. The van der Waals surface area contributed by atoms with Gasteiger partial charge in [-0.3, -0.25) is 0 Å². The van der Waals surface area contributed by atoms with Crippen molar-refractivity contribution in [2.45, 2.75) is 107 Å². The van der Waals surface area contributed by atoms with Crippen LogP contribution >= 0.6 is 124 Å². The molecule has 0 aromatic heterocycles. The van der Waals surface area contributed by atoms with Crippen molar-refractivity contribution >= 4 is 150 Å². The quantitative estimate of drug-likeness (QED) is 0.0330.